The molecule has 5 nitrogen and oxygen atoms in total. The van der Waals surface area contributed by atoms with Crippen LogP contribution in [0.4, 0.5) is 0 Å². The van der Waals surface area contributed by atoms with Gasteiger partial charge in [-0.1, -0.05) is 59.8 Å². The average Bonchev–Trinajstić information content (AvgIpc) is 2.95. The molecule has 0 radical (unpaired) electrons. The Hall–Kier alpha value is -2.35. The summed E-state index contributed by atoms with van der Waals surface area (Å²) < 4.78 is 6.27. The zero-order valence-corrected chi connectivity index (χ0v) is 17.7. The van der Waals surface area contributed by atoms with Gasteiger partial charge in [-0.2, -0.15) is 0 Å². The van der Waals surface area contributed by atoms with Crippen LogP contribution in [0.3, 0.4) is 0 Å². The van der Waals surface area contributed by atoms with E-state index >= 15 is 0 Å². The smallest absolute Gasteiger partial charge is 0.303 e. The summed E-state index contributed by atoms with van der Waals surface area (Å²) >= 11 is 12.4. The number of nitrogens with zero attached hydrogens (tertiary/aromatic N) is 1. The van der Waals surface area contributed by atoms with E-state index in [1.807, 2.05) is 48.5 Å². The van der Waals surface area contributed by atoms with Gasteiger partial charge in [0.1, 0.15) is 16.7 Å². The van der Waals surface area contributed by atoms with Crippen molar-refractivity contribution in [2.24, 2.45) is 0 Å². The number of benzene rings is 2. The number of hydrogen-bond donors (Lipinski definition) is 1. The summed E-state index contributed by atoms with van der Waals surface area (Å²) in [5.74, 6) is -0.398. The first-order valence-electron chi connectivity index (χ1n) is 8.87. The fourth-order valence-electron chi connectivity index (χ4n) is 2.67. The fraction of sp³-hybridized carbons (Fsp3) is 0.190. The molecule has 0 atom stereocenters. The van der Waals surface area contributed by atoms with E-state index in [-0.39, 0.29) is 12.3 Å². The Kier molecular flexibility index (Phi) is 7.30. The lowest BCUT2D eigenvalue weighted by molar-refractivity contribution is -0.137. The second kappa shape index (κ2) is 9.91. The summed E-state index contributed by atoms with van der Waals surface area (Å²) in [6.07, 6.45) is 2.14. The third-order valence-electron chi connectivity index (χ3n) is 4.12. The van der Waals surface area contributed by atoms with E-state index in [2.05, 4.69) is 0 Å². The van der Waals surface area contributed by atoms with E-state index in [9.17, 15) is 9.59 Å². The Morgan fingerprint density at radius 2 is 2.00 bits per heavy atom. The molecule has 29 heavy (non-hydrogen) atoms. The highest BCUT2D eigenvalue weighted by Gasteiger charge is 2.31. The number of aliphatic carboxylic acids is 1. The van der Waals surface area contributed by atoms with Crippen LogP contribution in [-0.4, -0.2) is 32.7 Å². The Bertz CT molecular complexity index is 959. The number of carbonyl (C=O) groups is 2. The van der Waals surface area contributed by atoms with Crippen molar-refractivity contribution >= 4 is 57.9 Å². The van der Waals surface area contributed by atoms with Crippen LogP contribution in [0.2, 0.25) is 5.02 Å². The monoisotopic (exact) mass is 447 g/mol. The third kappa shape index (κ3) is 6.06. The van der Waals surface area contributed by atoms with Crippen molar-refractivity contribution in [1.29, 1.82) is 0 Å². The van der Waals surface area contributed by atoms with Gasteiger partial charge in [0, 0.05) is 18.0 Å². The van der Waals surface area contributed by atoms with Gasteiger partial charge in [-0.15, -0.1) is 0 Å². The van der Waals surface area contributed by atoms with Gasteiger partial charge in [-0.3, -0.25) is 14.5 Å². The quantitative estimate of drug-likeness (QED) is 0.454. The van der Waals surface area contributed by atoms with Crippen molar-refractivity contribution in [1.82, 2.24) is 4.90 Å². The van der Waals surface area contributed by atoms with Crippen LogP contribution in [0.25, 0.3) is 6.08 Å². The minimum atomic E-state index is -0.888. The van der Waals surface area contributed by atoms with Crippen LogP contribution in [0.15, 0.2) is 53.4 Å². The molecule has 0 spiro atoms. The van der Waals surface area contributed by atoms with E-state index in [4.69, 9.17) is 33.7 Å². The summed E-state index contributed by atoms with van der Waals surface area (Å²) in [6.45, 7) is 0.713. The lowest BCUT2D eigenvalue weighted by Crippen LogP contribution is -2.29. The van der Waals surface area contributed by atoms with Crippen molar-refractivity contribution in [2.45, 2.75) is 19.4 Å². The normalized spacial score (nSPS) is 15.2. The second-order valence-corrected chi connectivity index (χ2v) is 8.43. The highest BCUT2D eigenvalue weighted by Crippen LogP contribution is 2.33. The summed E-state index contributed by atoms with van der Waals surface area (Å²) in [5, 5.41) is 9.43. The zero-order chi connectivity index (χ0) is 20.8. The number of rotatable bonds is 8. The van der Waals surface area contributed by atoms with E-state index in [0.717, 1.165) is 11.1 Å². The van der Waals surface area contributed by atoms with Gasteiger partial charge in [-0.05, 0) is 47.9 Å². The van der Waals surface area contributed by atoms with E-state index in [0.29, 0.717) is 39.6 Å². The molecule has 1 fully saturated rings. The number of halogens is 1. The maximum absolute atomic E-state index is 12.6. The van der Waals surface area contributed by atoms with Crippen LogP contribution in [0, 0.1) is 0 Å². The predicted molar refractivity (Wildman–Crippen MR) is 119 cm³/mol. The first kappa shape index (κ1) is 21.4. The number of hydrogen-bond acceptors (Lipinski definition) is 5. The zero-order valence-electron chi connectivity index (χ0n) is 15.3. The number of carbonyl (C=O) groups excluding carboxylic acids is 1. The molecule has 3 rings (SSSR count). The van der Waals surface area contributed by atoms with Crippen molar-refractivity contribution in [3.63, 3.8) is 0 Å². The van der Waals surface area contributed by atoms with Gasteiger partial charge in [-0.25, -0.2) is 0 Å². The molecular formula is C21H18ClNO4S2. The number of carboxylic acids is 1. The highest BCUT2D eigenvalue weighted by molar-refractivity contribution is 8.26. The molecule has 0 unspecified atom stereocenters. The molecule has 0 bridgehead atoms. The van der Waals surface area contributed by atoms with E-state index < -0.39 is 5.97 Å². The van der Waals surface area contributed by atoms with Crippen molar-refractivity contribution in [2.75, 3.05) is 6.54 Å². The van der Waals surface area contributed by atoms with E-state index in [1.165, 1.54) is 16.7 Å². The lowest BCUT2D eigenvalue weighted by atomic mass is 10.2. The summed E-state index contributed by atoms with van der Waals surface area (Å²) in [4.78, 5) is 25.2. The number of carboxylic acid groups (broad SMARTS) is 1. The molecule has 1 N–H and O–H groups in total. The minimum Gasteiger partial charge on any atom is -0.489 e. The van der Waals surface area contributed by atoms with Gasteiger partial charge >= 0.3 is 5.97 Å². The Morgan fingerprint density at radius 1 is 1.24 bits per heavy atom. The molecule has 0 saturated carbocycles. The molecule has 0 aliphatic carbocycles. The van der Waals surface area contributed by atoms with Gasteiger partial charge < -0.3 is 9.84 Å². The minimum absolute atomic E-state index is 0.00309. The first-order valence-corrected chi connectivity index (χ1v) is 10.5. The van der Waals surface area contributed by atoms with Crippen LogP contribution < -0.4 is 4.74 Å². The van der Waals surface area contributed by atoms with Crippen LogP contribution >= 0.6 is 35.6 Å². The second-order valence-electron chi connectivity index (χ2n) is 6.32. The molecule has 1 aliphatic heterocycles. The van der Waals surface area contributed by atoms with Crippen molar-refractivity contribution in [3.05, 3.63) is 69.6 Å². The fourth-order valence-corrected chi connectivity index (χ4v) is 4.11. The summed E-state index contributed by atoms with van der Waals surface area (Å²) in [7, 11) is 0. The number of thiocarbonyl (C=S) groups is 1. The summed E-state index contributed by atoms with van der Waals surface area (Å²) in [5.41, 5.74) is 1.83. The molecule has 1 heterocycles. The third-order valence-corrected chi connectivity index (χ3v) is 5.75. The molecular weight excluding hydrogens is 430 g/mol. The van der Waals surface area contributed by atoms with Crippen LogP contribution in [0.5, 0.6) is 5.75 Å². The molecule has 1 saturated heterocycles. The molecule has 150 valence electrons. The Balaban J connectivity index is 1.64. The molecule has 2 aromatic rings. The molecule has 1 amide bonds. The maximum Gasteiger partial charge on any atom is 0.303 e. The van der Waals surface area contributed by atoms with Gasteiger partial charge in [0.2, 0.25) is 0 Å². The Labute approximate surface area is 183 Å². The van der Waals surface area contributed by atoms with Gasteiger partial charge in [0.05, 0.1) is 4.91 Å². The molecule has 8 heteroatoms. The Morgan fingerprint density at radius 3 is 2.72 bits per heavy atom. The average molecular weight is 448 g/mol. The topological polar surface area (TPSA) is 66.8 Å². The van der Waals surface area contributed by atoms with Crippen molar-refractivity contribution < 1.29 is 19.4 Å². The standard InChI is InChI=1S/C21H18ClNO4S2/c22-16-8-6-14(7-9-16)13-27-17-4-1-3-15(11-17)12-18-20(26)23(21(28)29-18)10-2-5-19(24)25/h1,3-4,6-9,11-12H,2,5,10,13H2,(H,24,25)/b18-12+. The SMILES string of the molecule is O=C(O)CCCN1C(=O)/C(=C\c2cccc(OCc3ccc(Cl)cc3)c2)SC1=S. The number of thioether (sulfide) groups is 1. The van der Waals surface area contributed by atoms with Gasteiger partial charge in [0.25, 0.3) is 5.91 Å². The molecule has 1 aliphatic rings. The molecule has 0 aromatic heterocycles. The van der Waals surface area contributed by atoms with E-state index in [1.54, 1.807) is 6.08 Å². The predicted octanol–water partition coefficient (Wildman–Crippen LogP) is 4.99. The van der Waals surface area contributed by atoms with Crippen LogP contribution in [0.1, 0.15) is 24.0 Å². The molecule has 2 aromatic carbocycles. The first-order chi connectivity index (χ1) is 13.9. The maximum atomic E-state index is 12.6. The number of ether oxygens (including phenoxy) is 1. The van der Waals surface area contributed by atoms with Gasteiger partial charge in [0.15, 0.2) is 0 Å². The van der Waals surface area contributed by atoms with Crippen molar-refractivity contribution in [3.8, 4) is 5.75 Å². The number of amides is 1. The van der Waals surface area contributed by atoms with Crippen LogP contribution in [-0.2, 0) is 16.2 Å². The summed E-state index contributed by atoms with van der Waals surface area (Å²) in [6, 6.07) is 14.9. The highest BCUT2D eigenvalue weighted by atomic mass is 35.5. The largest absolute Gasteiger partial charge is 0.489 e. The lowest BCUT2D eigenvalue weighted by Gasteiger charge is -2.13.